The molecule has 0 saturated carbocycles. The summed E-state index contributed by atoms with van der Waals surface area (Å²) in [6.45, 7) is 3.22. The normalized spacial score (nSPS) is 10.7. The van der Waals surface area contributed by atoms with Crippen molar-refractivity contribution in [3.63, 3.8) is 0 Å². The summed E-state index contributed by atoms with van der Waals surface area (Å²) < 4.78 is 17.5. The van der Waals surface area contributed by atoms with Gasteiger partial charge < -0.3 is 21.6 Å². The maximum atomic E-state index is 12.1. The molecule has 0 aliphatic rings. The fourth-order valence-corrected chi connectivity index (χ4v) is 1.23. The van der Waals surface area contributed by atoms with Gasteiger partial charge in [-0.15, -0.1) is 0 Å². The van der Waals surface area contributed by atoms with E-state index in [1.807, 2.05) is 14.1 Å². The lowest BCUT2D eigenvalue weighted by atomic mass is 10.2. The molecular formula is C10H21ClFNO2. The standard InChI is InChI=1S/C10H21FNO2.ClH/c1-4-14-10(13)6-5-8-12(2,3)9-7-11;/h4-9H2,1-3H3;1H/q+1;/p-1. The number of rotatable bonds is 7. The van der Waals surface area contributed by atoms with Gasteiger partial charge in [0.1, 0.15) is 13.2 Å². The van der Waals surface area contributed by atoms with Gasteiger partial charge in [0.25, 0.3) is 0 Å². The lowest BCUT2D eigenvalue weighted by molar-refractivity contribution is -0.890. The largest absolute Gasteiger partial charge is 1.00 e. The predicted octanol–water partition coefficient (Wildman–Crippen LogP) is -1.62. The number of esters is 1. The van der Waals surface area contributed by atoms with Gasteiger partial charge in [0, 0.05) is 6.42 Å². The molecule has 0 aromatic carbocycles. The van der Waals surface area contributed by atoms with E-state index in [-0.39, 0.29) is 25.1 Å². The number of carbonyl (C=O) groups excluding carboxylic acids is 1. The number of hydrogen-bond acceptors (Lipinski definition) is 2. The zero-order valence-electron chi connectivity index (χ0n) is 9.76. The van der Waals surface area contributed by atoms with Gasteiger partial charge in [0.05, 0.1) is 33.7 Å². The van der Waals surface area contributed by atoms with Crippen LogP contribution in [0.1, 0.15) is 19.8 Å². The molecule has 0 rings (SSSR count). The third-order valence-corrected chi connectivity index (χ3v) is 2.14. The van der Waals surface area contributed by atoms with Crippen LogP contribution >= 0.6 is 0 Å². The minimum absolute atomic E-state index is 0. The van der Waals surface area contributed by atoms with E-state index in [1.165, 1.54) is 0 Å². The number of hydrogen-bond donors (Lipinski definition) is 0. The Morgan fingerprint density at radius 3 is 2.40 bits per heavy atom. The first-order chi connectivity index (χ1) is 6.52. The van der Waals surface area contributed by atoms with E-state index in [2.05, 4.69) is 0 Å². The molecule has 0 unspecified atom stereocenters. The predicted molar refractivity (Wildman–Crippen MR) is 53.7 cm³/mol. The van der Waals surface area contributed by atoms with Crippen molar-refractivity contribution >= 4 is 5.97 Å². The maximum Gasteiger partial charge on any atom is 0.305 e. The molecule has 0 amide bonds. The van der Waals surface area contributed by atoms with Gasteiger partial charge in [0.15, 0.2) is 0 Å². The van der Waals surface area contributed by atoms with Crippen LogP contribution in [0.3, 0.4) is 0 Å². The number of quaternary nitrogens is 1. The Morgan fingerprint density at radius 2 is 1.93 bits per heavy atom. The molecule has 0 bridgehead atoms. The Kier molecular flexibility index (Phi) is 10.1. The van der Waals surface area contributed by atoms with Crippen molar-refractivity contribution in [2.75, 3.05) is 40.5 Å². The Hall–Kier alpha value is -0.350. The topological polar surface area (TPSA) is 26.3 Å². The summed E-state index contributed by atoms with van der Waals surface area (Å²) in [5.74, 6) is -0.159. The van der Waals surface area contributed by atoms with Gasteiger partial charge in [-0.2, -0.15) is 0 Å². The van der Waals surface area contributed by atoms with Crippen molar-refractivity contribution in [3.8, 4) is 0 Å². The van der Waals surface area contributed by atoms with Crippen molar-refractivity contribution in [1.82, 2.24) is 0 Å². The minimum Gasteiger partial charge on any atom is -1.00 e. The molecule has 3 nitrogen and oxygen atoms in total. The molecule has 0 N–H and O–H groups in total. The Bertz CT molecular complexity index is 177. The summed E-state index contributed by atoms with van der Waals surface area (Å²) in [6, 6.07) is 0. The highest BCUT2D eigenvalue weighted by atomic mass is 35.5. The number of carbonyl (C=O) groups is 1. The van der Waals surface area contributed by atoms with Gasteiger partial charge in [-0.3, -0.25) is 4.79 Å². The van der Waals surface area contributed by atoms with Gasteiger partial charge in [0.2, 0.25) is 0 Å². The van der Waals surface area contributed by atoms with Crippen LogP contribution in [0.4, 0.5) is 4.39 Å². The first-order valence-electron chi connectivity index (χ1n) is 5.05. The fourth-order valence-electron chi connectivity index (χ4n) is 1.23. The van der Waals surface area contributed by atoms with Crippen LogP contribution in [-0.4, -0.2) is 50.9 Å². The molecule has 5 heteroatoms. The summed E-state index contributed by atoms with van der Waals surface area (Å²) in [5, 5.41) is 0. The summed E-state index contributed by atoms with van der Waals surface area (Å²) in [5.41, 5.74) is 0. The molecule has 0 aliphatic heterocycles. The molecule has 0 atom stereocenters. The van der Waals surface area contributed by atoms with Crippen LogP contribution in [0, 0.1) is 0 Å². The third-order valence-electron chi connectivity index (χ3n) is 2.14. The second-order valence-corrected chi connectivity index (χ2v) is 3.98. The van der Waals surface area contributed by atoms with E-state index >= 15 is 0 Å². The molecule has 0 spiro atoms. The van der Waals surface area contributed by atoms with E-state index in [1.54, 1.807) is 6.92 Å². The molecule has 92 valence electrons. The maximum absolute atomic E-state index is 12.1. The summed E-state index contributed by atoms with van der Waals surface area (Å²) >= 11 is 0. The highest BCUT2D eigenvalue weighted by Crippen LogP contribution is 2.02. The SMILES string of the molecule is CCOC(=O)CCC[N+](C)(C)CCF.[Cl-]. The highest BCUT2D eigenvalue weighted by molar-refractivity contribution is 5.69. The smallest absolute Gasteiger partial charge is 0.305 e. The molecule has 0 aromatic rings. The van der Waals surface area contributed by atoms with Crippen molar-refractivity contribution < 1.29 is 30.8 Å². The average Bonchev–Trinajstić information content (AvgIpc) is 2.03. The summed E-state index contributed by atoms with van der Waals surface area (Å²) in [6.07, 6.45) is 1.19. The van der Waals surface area contributed by atoms with Crippen molar-refractivity contribution in [2.45, 2.75) is 19.8 Å². The zero-order chi connectivity index (χ0) is 11.0. The van der Waals surface area contributed by atoms with Gasteiger partial charge in [-0.1, -0.05) is 0 Å². The Balaban J connectivity index is 0. The summed E-state index contributed by atoms with van der Waals surface area (Å²) in [7, 11) is 3.93. The minimum atomic E-state index is -0.313. The lowest BCUT2D eigenvalue weighted by Crippen LogP contribution is -3.00. The first-order valence-corrected chi connectivity index (χ1v) is 5.05. The van der Waals surface area contributed by atoms with Gasteiger partial charge in [-0.25, -0.2) is 4.39 Å². The van der Waals surface area contributed by atoms with Crippen LogP contribution < -0.4 is 12.4 Å². The molecule has 0 aliphatic carbocycles. The Morgan fingerprint density at radius 1 is 1.33 bits per heavy atom. The number of ether oxygens (including phenoxy) is 1. The van der Waals surface area contributed by atoms with E-state index in [9.17, 15) is 9.18 Å². The average molecular weight is 242 g/mol. The molecule has 0 fully saturated rings. The quantitative estimate of drug-likeness (QED) is 0.396. The molecule has 0 aromatic heterocycles. The van der Waals surface area contributed by atoms with Gasteiger partial charge in [-0.05, 0) is 6.92 Å². The van der Waals surface area contributed by atoms with Crippen molar-refractivity contribution in [2.24, 2.45) is 0 Å². The second kappa shape index (κ2) is 8.92. The molecule has 15 heavy (non-hydrogen) atoms. The van der Waals surface area contributed by atoms with Crippen LogP contribution in [0.5, 0.6) is 0 Å². The van der Waals surface area contributed by atoms with Gasteiger partial charge >= 0.3 is 5.97 Å². The molecule has 0 heterocycles. The van der Waals surface area contributed by atoms with Crippen LogP contribution in [-0.2, 0) is 9.53 Å². The van der Waals surface area contributed by atoms with E-state index < -0.39 is 0 Å². The molecule has 0 saturated heterocycles. The fraction of sp³-hybridized carbons (Fsp3) is 0.900. The lowest BCUT2D eigenvalue weighted by Gasteiger charge is -2.28. The second-order valence-electron chi connectivity index (χ2n) is 3.98. The van der Waals surface area contributed by atoms with Crippen LogP contribution in [0.25, 0.3) is 0 Å². The molecule has 0 radical (unpaired) electrons. The van der Waals surface area contributed by atoms with Crippen molar-refractivity contribution in [1.29, 1.82) is 0 Å². The van der Waals surface area contributed by atoms with Crippen LogP contribution in [0.15, 0.2) is 0 Å². The Labute approximate surface area is 97.6 Å². The van der Waals surface area contributed by atoms with Crippen molar-refractivity contribution in [3.05, 3.63) is 0 Å². The first kappa shape index (κ1) is 17.1. The monoisotopic (exact) mass is 241 g/mol. The number of nitrogens with zero attached hydrogens (tertiary/aromatic N) is 1. The summed E-state index contributed by atoms with van der Waals surface area (Å²) in [4.78, 5) is 11.0. The zero-order valence-corrected chi connectivity index (χ0v) is 10.5. The van der Waals surface area contributed by atoms with Crippen LogP contribution in [0.2, 0.25) is 0 Å². The third kappa shape index (κ3) is 9.94. The van der Waals surface area contributed by atoms with E-state index in [4.69, 9.17) is 4.74 Å². The number of alkyl halides is 1. The highest BCUT2D eigenvalue weighted by Gasteiger charge is 2.14. The van der Waals surface area contributed by atoms with E-state index in [0.717, 1.165) is 13.0 Å². The molecular weight excluding hydrogens is 221 g/mol. The number of halogens is 2. The van der Waals surface area contributed by atoms with E-state index in [0.29, 0.717) is 24.1 Å².